The first kappa shape index (κ1) is 16.3. The minimum Gasteiger partial charge on any atom is -0.444 e. The fraction of sp³-hybridized carbons (Fsp3) is 0.167. The highest BCUT2D eigenvalue weighted by Crippen LogP contribution is 2.27. The number of oxazole rings is 1. The van der Waals surface area contributed by atoms with Crippen LogP contribution in [0.2, 0.25) is 0 Å². The van der Waals surface area contributed by atoms with Crippen molar-refractivity contribution in [3.8, 4) is 17.4 Å². The van der Waals surface area contributed by atoms with Crippen molar-refractivity contribution in [2.24, 2.45) is 0 Å². The molecule has 0 unspecified atom stereocenters. The average Bonchev–Trinajstić information content (AvgIpc) is 3.09. The lowest BCUT2D eigenvalue weighted by Gasteiger charge is -2.14. The van der Waals surface area contributed by atoms with Gasteiger partial charge < -0.3 is 20.8 Å². The fourth-order valence-corrected chi connectivity index (χ4v) is 2.35. The minimum atomic E-state index is 0.135. The second-order valence-electron chi connectivity index (χ2n) is 5.80. The van der Waals surface area contributed by atoms with Crippen LogP contribution in [0, 0.1) is 11.3 Å². The van der Waals surface area contributed by atoms with Crippen LogP contribution in [0.1, 0.15) is 19.4 Å². The van der Waals surface area contributed by atoms with E-state index in [4.69, 9.17) is 10.2 Å². The average molecular weight is 334 g/mol. The first-order chi connectivity index (χ1) is 12.1. The van der Waals surface area contributed by atoms with Gasteiger partial charge in [0.1, 0.15) is 23.3 Å². The molecule has 7 nitrogen and oxygen atoms in total. The van der Waals surface area contributed by atoms with Crippen LogP contribution in [0.15, 0.2) is 47.3 Å². The van der Waals surface area contributed by atoms with Gasteiger partial charge in [0.05, 0.1) is 11.9 Å². The van der Waals surface area contributed by atoms with Gasteiger partial charge in [0.25, 0.3) is 0 Å². The van der Waals surface area contributed by atoms with Crippen LogP contribution in [0.4, 0.5) is 23.0 Å². The summed E-state index contributed by atoms with van der Waals surface area (Å²) >= 11 is 0. The van der Waals surface area contributed by atoms with Crippen molar-refractivity contribution in [3.63, 3.8) is 0 Å². The number of nitrogens with zero attached hydrogens (tertiary/aromatic N) is 3. The quantitative estimate of drug-likeness (QED) is 0.651. The molecule has 4 N–H and O–H groups in total. The molecular weight excluding hydrogens is 316 g/mol. The van der Waals surface area contributed by atoms with E-state index in [0.29, 0.717) is 28.6 Å². The fourth-order valence-electron chi connectivity index (χ4n) is 2.35. The van der Waals surface area contributed by atoms with Crippen LogP contribution < -0.4 is 16.4 Å². The Kier molecular flexibility index (Phi) is 4.53. The van der Waals surface area contributed by atoms with Gasteiger partial charge in [-0.05, 0) is 38.1 Å². The first-order valence-electron chi connectivity index (χ1n) is 7.80. The molecule has 2 aromatic heterocycles. The molecule has 0 spiro atoms. The summed E-state index contributed by atoms with van der Waals surface area (Å²) in [5, 5.41) is 15.6. The molecule has 0 atom stereocenters. The molecule has 0 aliphatic rings. The molecule has 7 heteroatoms. The maximum Gasteiger partial charge on any atom is 0.181 e. The molecule has 126 valence electrons. The Morgan fingerprint density at radius 3 is 2.60 bits per heavy atom. The van der Waals surface area contributed by atoms with E-state index in [1.54, 1.807) is 12.3 Å². The molecule has 0 saturated carbocycles. The van der Waals surface area contributed by atoms with E-state index in [-0.39, 0.29) is 6.04 Å². The largest absolute Gasteiger partial charge is 0.444 e. The molecule has 0 aliphatic carbocycles. The Morgan fingerprint density at radius 2 is 2.00 bits per heavy atom. The molecular formula is C18H18N6O. The zero-order chi connectivity index (χ0) is 17.8. The van der Waals surface area contributed by atoms with Crippen LogP contribution in [0.25, 0.3) is 11.3 Å². The van der Waals surface area contributed by atoms with E-state index in [1.165, 1.54) is 6.39 Å². The molecule has 0 radical (unpaired) electrons. The third-order valence-electron chi connectivity index (χ3n) is 3.46. The number of anilines is 4. The first-order valence-corrected chi connectivity index (χ1v) is 7.80. The minimum absolute atomic E-state index is 0.135. The lowest BCUT2D eigenvalue weighted by atomic mass is 10.1. The van der Waals surface area contributed by atoms with Crippen LogP contribution in [-0.4, -0.2) is 16.0 Å². The zero-order valence-corrected chi connectivity index (χ0v) is 13.9. The topological polar surface area (TPSA) is 113 Å². The summed E-state index contributed by atoms with van der Waals surface area (Å²) in [5.74, 6) is 1.74. The smallest absolute Gasteiger partial charge is 0.181 e. The summed E-state index contributed by atoms with van der Waals surface area (Å²) in [6.07, 6.45) is 3.06. The number of nitrogens with two attached hydrogens (primary N) is 1. The van der Waals surface area contributed by atoms with Crippen LogP contribution in [0.3, 0.4) is 0 Å². The van der Waals surface area contributed by atoms with E-state index in [9.17, 15) is 5.26 Å². The number of pyridine rings is 1. The summed E-state index contributed by atoms with van der Waals surface area (Å²) in [7, 11) is 0. The molecule has 0 bridgehead atoms. The number of rotatable bonds is 5. The lowest BCUT2D eigenvalue weighted by Crippen LogP contribution is -2.14. The van der Waals surface area contributed by atoms with E-state index in [1.807, 2.05) is 38.1 Å². The number of hydrogen-bond donors (Lipinski definition) is 3. The van der Waals surface area contributed by atoms with Gasteiger partial charge >= 0.3 is 0 Å². The highest BCUT2D eigenvalue weighted by Gasteiger charge is 2.12. The van der Waals surface area contributed by atoms with Crippen molar-refractivity contribution >= 4 is 23.0 Å². The molecule has 0 saturated heterocycles. The van der Waals surface area contributed by atoms with Crippen molar-refractivity contribution in [2.75, 3.05) is 16.4 Å². The Labute approximate surface area is 145 Å². The van der Waals surface area contributed by atoms with E-state index in [0.717, 1.165) is 11.3 Å². The van der Waals surface area contributed by atoms with Crippen molar-refractivity contribution in [1.29, 1.82) is 5.26 Å². The molecule has 3 rings (SSSR count). The molecule has 0 fully saturated rings. The van der Waals surface area contributed by atoms with Crippen molar-refractivity contribution in [2.45, 2.75) is 19.9 Å². The van der Waals surface area contributed by atoms with E-state index in [2.05, 4.69) is 26.7 Å². The number of aromatic nitrogens is 2. The molecule has 2 heterocycles. The molecule has 3 aromatic rings. The normalized spacial score (nSPS) is 10.5. The standard InChI is InChI=1S/C18H18N6O/c1-11(2)22-18-14(8-19)15(20)7-17(24-18)23-13-5-3-12(4-6-13)16-9-21-10-25-16/h3-7,9-11H,1-2H3,(H4,20,22,23,24). The van der Waals surface area contributed by atoms with Gasteiger partial charge in [-0.1, -0.05) is 0 Å². The highest BCUT2D eigenvalue weighted by atomic mass is 16.3. The maximum atomic E-state index is 9.27. The van der Waals surface area contributed by atoms with Crippen LogP contribution >= 0.6 is 0 Å². The Hall–Kier alpha value is -3.53. The molecule has 0 aliphatic heterocycles. The summed E-state index contributed by atoms with van der Waals surface area (Å²) in [4.78, 5) is 8.37. The highest BCUT2D eigenvalue weighted by molar-refractivity contribution is 5.73. The summed E-state index contributed by atoms with van der Waals surface area (Å²) < 4.78 is 5.27. The van der Waals surface area contributed by atoms with Crippen molar-refractivity contribution < 1.29 is 4.42 Å². The van der Waals surface area contributed by atoms with Gasteiger partial charge in [0, 0.05) is 23.4 Å². The van der Waals surface area contributed by atoms with Crippen molar-refractivity contribution in [1.82, 2.24) is 9.97 Å². The summed E-state index contributed by atoms with van der Waals surface area (Å²) in [5.41, 5.74) is 8.48. The summed E-state index contributed by atoms with van der Waals surface area (Å²) in [6.45, 7) is 3.95. The van der Waals surface area contributed by atoms with Gasteiger partial charge in [-0.3, -0.25) is 0 Å². The van der Waals surface area contributed by atoms with Gasteiger partial charge in [-0.25, -0.2) is 9.97 Å². The lowest BCUT2D eigenvalue weighted by molar-refractivity contribution is 0.572. The third-order valence-corrected chi connectivity index (χ3v) is 3.46. The van der Waals surface area contributed by atoms with Gasteiger partial charge in [0.15, 0.2) is 12.2 Å². The summed E-state index contributed by atoms with van der Waals surface area (Å²) in [6, 6.07) is 11.5. The Bertz CT molecular complexity index is 895. The molecule has 25 heavy (non-hydrogen) atoms. The van der Waals surface area contributed by atoms with E-state index < -0.39 is 0 Å². The second-order valence-corrected chi connectivity index (χ2v) is 5.80. The molecule has 0 amide bonds. The monoisotopic (exact) mass is 334 g/mol. The van der Waals surface area contributed by atoms with Gasteiger partial charge in [-0.2, -0.15) is 5.26 Å². The second kappa shape index (κ2) is 6.93. The molecule has 1 aromatic carbocycles. The number of nitrogen functional groups attached to an aromatic ring is 1. The van der Waals surface area contributed by atoms with Gasteiger partial charge in [0.2, 0.25) is 0 Å². The SMILES string of the molecule is CC(C)Nc1nc(Nc2ccc(-c3cnco3)cc2)cc(N)c1C#N. The number of hydrogen-bond acceptors (Lipinski definition) is 7. The maximum absolute atomic E-state index is 9.27. The van der Waals surface area contributed by atoms with Crippen LogP contribution in [0.5, 0.6) is 0 Å². The van der Waals surface area contributed by atoms with E-state index >= 15 is 0 Å². The predicted octanol–water partition coefficient (Wildman–Crippen LogP) is 3.75. The predicted molar refractivity (Wildman–Crippen MR) is 97.3 cm³/mol. The van der Waals surface area contributed by atoms with Crippen LogP contribution in [-0.2, 0) is 0 Å². The third kappa shape index (κ3) is 3.70. The Balaban J connectivity index is 1.85. The zero-order valence-electron chi connectivity index (χ0n) is 13.9. The van der Waals surface area contributed by atoms with Crippen molar-refractivity contribution in [3.05, 3.63) is 48.5 Å². The number of nitriles is 1. The number of nitrogens with one attached hydrogen (secondary N) is 2. The Morgan fingerprint density at radius 1 is 1.24 bits per heavy atom. The number of benzene rings is 1. The van der Waals surface area contributed by atoms with Gasteiger partial charge in [-0.15, -0.1) is 0 Å².